The highest BCUT2D eigenvalue weighted by Gasteiger charge is 2.21. The Bertz CT molecular complexity index is 789. The zero-order valence-corrected chi connectivity index (χ0v) is 15.8. The first kappa shape index (κ1) is 17.8. The fourth-order valence-electron chi connectivity index (χ4n) is 3.79. The number of benzene rings is 1. The van der Waals surface area contributed by atoms with Crippen molar-refractivity contribution in [3.63, 3.8) is 0 Å². The molecule has 0 spiro atoms. The third-order valence-electron chi connectivity index (χ3n) is 5.22. The molecule has 2 aliphatic rings. The Hall–Kier alpha value is -1.57. The van der Waals surface area contributed by atoms with Crippen LogP contribution in [0.25, 0.3) is 11.4 Å². The maximum atomic E-state index is 13.3. The number of rotatable bonds is 5. The minimum absolute atomic E-state index is 0.175. The molecule has 1 atom stereocenters. The third-order valence-corrected chi connectivity index (χ3v) is 5.65. The van der Waals surface area contributed by atoms with Crippen molar-refractivity contribution in [2.75, 3.05) is 19.7 Å². The summed E-state index contributed by atoms with van der Waals surface area (Å²) in [5, 5.41) is 4.80. The summed E-state index contributed by atoms with van der Waals surface area (Å²) in [6.07, 6.45) is 6.07. The smallest absolute Gasteiger partial charge is 0.199 e. The number of ether oxygens (including phenoxy) is 1. The summed E-state index contributed by atoms with van der Waals surface area (Å²) in [7, 11) is 0. The van der Waals surface area contributed by atoms with E-state index in [1.807, 2.05) is 4.68 Å². The van der Waals surface area contributed by atoms with Gasteiger partial charge in [0.05, 0.1) is 19.3 Å². The summed E-state index contributed by atoms with van der Waals surface area (Å²) >= 11 is 5.75. The molecule has 2 saturated heterocycles. The van der Waals surface area contributed by atoms with Gasteiger partial charge in [-0.3, -0.25) is 9.47 Å². The Morgan fingerprint density at radius 1 is 1.12 bits per heavy atom. The van der Waals surface area contributed by atoms with Crippen LogP contribution in [-0.4, -0.2) is 45.0 Å². The number of aromatic nitrogens is 3. The molecule has 0 N–H and O–H groups in total. The van der Waals surface area contributed by atoms with Crippen LogP contribution in [0.5, 0.6) is 0 Å². The van der Waals surface area contributed by atoms with Crippen molar-refractivity contribution in [2.45, 2.75) is 51.4 Å². The molecule has 2 aromatic rings. The standard InChI is InChI=1S/C19H25FN4OS/c20-16-8-6-15(7-9-16)18-21-24(14-22-10-2-1-3-11-22)19(26)23(18)13-17-5-4-12-25-17/h6-9,17H,1-5,10-14H2/t17-/m1/s1. The van der Waals surface area contributed by atoms with Crippen molar-refractivity contribution < 1.29 is 9.13 Å². The highest BCUT2D eigenvalue weighted by atomic mass is 32.1. The van der Waals surface area contributed by atoms with Gasteiger partial charge in [0, 0.05) is 12.2 Å². The van der Waals surface area contributed by atoms with Crippen molar-refractivity contribution in [2.24, 2.45) is 0 Å². The van der Waals surface area contributed by atoms with Crippen LogP contribution in [0.1, 0.15) is 32.1 Å². The van der Waals surface area contributed by atoms with Gasteiger partial charge in [-0.25, -0.2) is 9.07 Å². The van der Waals surface area contributed by atoms with Crippen LogP contribution in [0.15, 0.2) is 24.3 Å². The van der Waals surface area contributed by atoms with Crippen molar-refractivity contribution >= 4 is 12.2 Å². The molecule has 1 aromatic heterocycles. The number of nitrogens with zero attached hydrogens (tertiary/aromatic N) is 4. The number of likely N-dealkylation sites (tertiary alicyclic amines) is 1. The molecule has 0 unspecified atom stereocenters. The summed E-state index contributed by atoms with van der Waals surface area (Å²) < 4.78 is 23.8. The predicted octanol–water partition coefficient (Wildman–Crippen LogP) is 3.84. The van der Waals surface area contributed by atoms with Gasteiger partial charge in [-0.05, 0) is 75.3 Å². The molecule has 140 valence electrons. The summed E-state index contributed by atoms with van der Waals surface area (Å²) in [5.41, 5.74) is 0.882. The Balaban J connectivity index is 1.66. The molecular weight excluding hydrogens is 351 g/mol. The molecule has 2 aliphatic heterocycles. The first-order valence-corrected chi connectivity index (χ1v) is 9.89. The number of hydrogen-bond donors (Lipinski definition) is 0. The Labute approximate surface area is 158 Å². The van der Waals surface area contributed by atoms with Gasteiger partial charge in [0.25, 0.3) is 0 Å². The highest BCUT2D eigenvalue weighted by Crippen LogP contribution is 2.23. The van der Waals surface area contributed by atoms with E-state index in [-0.39, 0.29) is 11.9 Å². The lowest BCUT2D eigenvalue weighted by Crippen LogP contribution is -2.32. The van der Waals surface area contributed by atoms with Gasteiger partial charge in [0.1, 0.15) is 5.82 Å². The summed E-state index contributed by atoms with van der Waals surface area (Å²) in [5.74, 6) is 0.549. The van der Waals surface area contributed by atoms with E-state index in [1.54, 1.807) is 12.1 Å². The Morgan fingerprint density at radius 2 is 1.88 bits per heavy atom. The Kier molecular flexibility index (Phi) is 5.47. The third kappa shape index (κ3) is 3.89. The molecule has 3 heterocycles. The van der Waals surface area contributed by atoms with E-state index in [9.17, 15) is 4.39 Å². The van der Waals surface area contributed by atoms with Crippen LogP contribution < -0.4 is 0 Å². The molecule has 0 aliphatic carbocycles. The molecule has 26 heavy (non-hydrogen) atoms. The van der Waals surface area contributed by atoms with Crippen LogP contribution in [0.3, 0.4) is 0 Å². The monoisotopic (exact) mass is 376 g/mol. The lowest BCUT2D eigenvalue weighted by Gasteiger charge is -2.25. The zero-order chi connectivity index (χ0) is 17.9. The van der Waals surface area contributed by atoms with Crippen LogP contribution in [0, 0.1) is 10.6 Å². The largest absolute Gasteiger partial charge is 0.376 e. The summed E-state index contributed by atoms with van der Waals surface area (Å²) in [6, 6.07) is 6.48. The van der Waals surface area contributed by atoms with E-state index in [0.717, 1.165) is 43.9 Å². The van der Waals surface area contributed by atoms with Gasteiger partial charge in [-0.2, -0.15) is 5.10 Å². The van der Waals surface area contributed by atoms with Crippen LogP contribution in [-0.2, 0) is 18.0 Å². The normalized spacial score (nSPS) is 21.3. The molecule has 4 rings (SSSR count). The molecule has 7 heteroatoms. The van der Waals surface area contributed by atoms with Gasteiger partial charge < -0.3 is 4.74 Å². The van der Waals surface area contributed by atoms with Crippen molar-refractivity contribution in [3.8, 4) is 11.4 Å². The molecule has 2 fully saturated rings. The maximum Gasteiger partial charge on any atom is 0.199 e. The SMILES string of the molecule is Fc1ccc(-c2nn(CN3CCCCC3)c(=S)n2C[C@H]2CCCO2)cc1. The molecule has 1 aromatic carbocycles. The average molecular weight is 377 g/mol. The van der Waals surface area contributed by atoms with Crippen molar-refractivity contribution in [1.29, 1.82) is 0 Å². The fraction of sp³-hybridized carbons (Fsp3) is 0.579. The number of hydrogen-bond acceptors (Lipinski definition) is 4. The minimum atomic E-state index is -0.245. The van der Waals surface area contributed by atoms with Gasteiger partial charge in [-0.1, -0.05) is 6.42 Å². The summed E-state index contributed by atoms with van der Waals surface area (Å²) in [6.45, 7) is 4.40. The van der Waals surface area contributed by atoms with E-state index in [0.29, 0.717) is 18.0 Å². The first-order valence-electron chi connectivity index (χ1n) is 9.48. The second-order valence-corrected chi connectivity index (χ2v) is 7.54. The van der Waals surface area contributed by atoms with Gasteiger partial charge in [-0.15, -0.1) is 0 Å². The lowest BCUT2D eigenvalue weighted by molar-refractivity contribution is 0.0966. The van der Waals surface area contributed by atoms with Crippen molar-refractivity contribution in [1.82, 2.24) is 19.2 Å². The first-order chi connectivity index (χ1) is 12.7. The topological polar surface area (TPSA) is 35.2 Å². The Morgan fingerprint density at radius 3 is 2.58 bits per heavy atom. The molecule has 5 nitrogen and oxygen atoms in total. The number of piperidine rings is 1. The second-order valence-electron chi connectivity index (χ2n) is 7.18. The molecule has 0 amide bonds. The zero-order valence-electron chi connectivity index (χ0n) is 14.9. The van der Waals surface area contributed by atoms with E-state index in [2.05, 4.69) is 9.47 Å². The quantitative estimate of drug-likeness (QED) is 0.743. The lowest BCUT2D eigenvalue weighted by atomic mass is 10.1. The minimum Gasteiger partial charge on any atom is -0.376 e. The average Bonchev–Trinajstić information content (AvgIpc) is 3.27. The van der Waals surface area contributed by atoms with E-state index < -0.39 is 0 Å². The van der Waals surface area contributed by atoms with Gasteiger partial charge >= 0.3 is 0 Å². The van der Waals surface area contributed by atoms with E-state index in [4.69, 9.17) is 22.1 Å². The predicted molar refractivity (Wildman–Crippen MR) is 101 cm³/mol. The summed E-state index contributed by atoms with van der Waals surface area (Å²) in [4.78, 5) is 2.40. The van der Waals surface area contributed by atoms with Gasteiger partial charge in [0.15, 0.2) is 10.6 Å². The highest BCUT2D eigenvalue weighted by molar-refractivity contribution is 7.71. The van der Waals surface area contributed by atoms with Crippen LogP contribution in [0.2, 0.25) is 0 Å². The van der Waals surface area contributed by atoms with E-state index in [1.165, 1.54) is 31.4 Å². The second kappa shape index (κ2) is 7.98. The number of halogens is 1. The van der Waals surface area contributed by atoms with Gasteiger partial charge in [0.2, 0.25) is 0 Å². The molecule has 0 bridgehead atoms. The molecular formula is C19H25FN4OS. The molecule has 0 radical (unpaired) electrons. The molecule has 0 saturated carbocycles. The fourth-order valence-corrected chi connectivity index (χ4v) is 4.05. The van der Waals surface area contributed by atoms with Crippen LogP contribution in [0.4, 0.5) is 4.39 Å². The van der Waals surface area contributed by atoms with Crippen molar-refractivity contribution in [3.05, 3.63) is 34.9 Å². The maximum absolute atomic E-state index is 13.3. The van der Waals surface area contributed by atoms with Crippen LogP contribution >= 0.6 is 12.2 Å². The van der Waals surface area contributed by atoms with E-state index >= 15 is 0 Å².